The van der Waals surface area contributed by atoms with Gasteiger partial charge in [0.15, 0.2) is 5.96 Å². The largest absolute Gasteiger partial charge is 0.373 e. The van der Waals surface area contributed by atoms with E-state index in [-0.39, 0.29) is 5.82 Å². The van der Waals surface area contributed by atoms with Crippen molar-refractivity contribution in [3.05, 3.63) is 35.6 Å². The van der Waals surface area contributed by atoms with Crippen LogP contribution in [-0.4, -0.2) is 55.8 Å². The van der Waals surface area contributed by atoms with Crippen LogP contribution >= 0.6 is 0 Å². The van der Waals surface area contributed by atoms with E-state index in [1.54, 1.807) is 12.1 Å². The van der Waals surface area contributed by atoms with Gasteiger partial charge in [-0.2, -0.15) is 0 Å². The van der Waals surface area contributed by atoms with E-state index >= 15 is 0 Å². The minimum absolute atomic E-state index is 0.0965. The molecule has 0 aliphatic carbocycles. The van der Waals surface area contributed by atoms with Gasteiger partial charge in [-0.15, -0.1) is 0 Å². The van der Waals surface area contributed by atoms with Crippen molar-refractivity contribution in [3.63, 3.8) is 0 Å². The first-order valence-electron chi connectivity index (χ1n) is 10.3. The quantitative estimate of drug-likeness (QED) is 0.614. The van der Waals surface area contributed by atoms with E-state index in [1.807, 2.05) is 19.2 Å². The van der Waals surface area contributed by atoms with Crippen molar-refractivity contribution in [2.24, 2.45) is 10.9 Å². The third-order valence-corrected chi connectivity index (χ3v) is 6.27. The fraction of sp³-hybridized carbons (Fsp3) is 0.667. The Kier molecular flexibility index (Phi) is 5.93. The van der Waals surface area contributed by atoms with Crippen molar-refractivity contribution in [2.45, 2.75) is 56.9 Å². The molecule has 2 bridgehead atoms. The summed E-state index contributed by atoms with van der Waals surface area (Å²) in [6.45, 7) is 3.69. The van der Waals surface area contributed by atoms with Crippen LogP contribution in [0.15, 0.2) is 29.3 Å². The second-order valence-electron chi connectivity index (χ2n) is 8.12. The molecule has 2 N–H and O–H groups in total. The Morgan fingerprint density at radius 3 is 2.70 bits per heavy atom. The molecular weight excluding hydrogens is 343 g/mol. The highest BCUT2D eigenvalue weighted by molar-refractivity contribution is 5.80. The number of likely N-dealkylation sites (tertiary alicyclic amines) is 1. The maximum absolute atomic E-state index is 13.8. The zero-order valence-electron chi connectivity index (χ0n) is 16.2. The van der Waals surface area contributed by atoms with Gasteiger partial charge >= 0.3 is 0 Å². The number of nitrogens with one attached hydrogen (secondary N) is 2. The number of hydrogen-bond acceptors (Lipinski definition) is 3. The number of halogens is 1. The van der Waals surface area contributed by atoms with Gasteiger partial charge in [0.1, 0.15) is 5.82 Å². The second-order valence-corrected chi connectivity index (χ2v) is 8.12. The number of guanidine groups is 1. The van der Waals surface area contributed by atoms with E-state index in [0.717, 1.165) is 50.4 Å². The highest BCUT2D eigenvalue weighted by Gasteiger charge is 2.41. The van der Waals surface area contributed by atoms with Crippen LogP contribution in [0.4, 0.5) is 4.39 Å². The lowest BCUT2D eigenvalue weighted by atomic mass is 9.95. The van der Waals surface area contributed by atoms with Crippen LogP contribution in [-0.2, 0) is 11.3 Å². The molecule has 0 saturated carbocycles. The average Bonchev–Trinajstić information content (AvgIpc) is 3.31. The molecule has 4 rings (SSSR count). The number of benzene rings is 1. The van der Waals surface area contributed by atoms with Crippen LogP contribution in [0.25, 0.3) is 0 Å². The molecule has 3 saturated heterocycles. The maximum atomic E-state index is 13.8. The Balaban J connectivity index is 1.18. The number of nitrogens with zero attached hydrogens (tertiary/aromatic N) is 2. The fourth-order valence-electron chi connectivity index (χ4n) is 4.62. The molecule has 3 heterocycles. The van der Waals surface area contributed by atoms with E-state index < -0.39 is 0 Å². The van der Waals surface area contributed by atoms with Gasteiger partial charge in [0, 0.05) is 25.7 Å². The smallest absolute Gasteiger partial charge is 0.191 e. The predicted octanol–water partition coefficient (Wildman–Crippen LogP) is 2.52. The van der Waals surface area contributed by atoms with Crippen LogP contribution in [0.1, 0.15) is 37.7 Å². The molecule has 6 heteroatoms. The molecule has 3 unspecified atom stereocenters. The monoisotopic (exact) mass is 374 g/mol. The third kappa shape index (κ3) is 4.61. The predicted molar refractivity (Wildman–Crippen MR) is 105 cm³/mol. The number of piperidine rings is 1. The van der Waals surface area contributed by atoms with Crippen molar-refractivity contribution in [2.75, 3.05) is 26.7 Å². The highest BCUT2D eigenvalue weighted by Crippen LogP contribution is 2.34. The summed E-state index contributed by atoms with van der Waals surface area (Å²) in [7, 11) is 1.83. The zero-order chi connectivity index (χ0) is 18.6. The first kappa shape index (κ1) is 18.7. The van der Waals surface area contributed by atoms with Gasteiger partial charge in [-0.05, 0) is 57.2 Å². The number of fused-ring (bicyclic) bond motifs is 2. The number of aliphatic imine (C=N–C) groups is 1. The molecule has 0 aromatic heterocycles. The van der Waals surface area contributed by atoms with E-state index in [1.165, 1.54) is 12.8 Å². The summed E-state index contributed by atoms with van der Waals surface area (Å²) in [5.41, 5.74) is 0.798. The van der Waals surface area contributed by atoms with Crippen LogP contribution in [0, 0.1) is 11.7 Å². The first-order valence-corrected chi connectivity index (χ1v) is 10.3. The van der Waals surface area contributed by atoms with Gasteiger partial charge in [-0.3, -0.25) is 9.89 Å². The zero-order valence-corrected chi connectivity index (χ0v) is 16.2. The molecule has 148 valence electrons. The number of ether oxygens (including phenoxy) is 1. The molecule has 1 aromatic carbocycles. The number of rotatable bonds is 5. The minimum Gasteiger partial charge on any atom is -0.373 e. The summed E-state index contributed by atoms with van der Waals surface area (Å²) in [5.74, 6) is 1.43. The standard InChI is InChI=1S/C21H31FN4O/c1-23-21(25-19-12-17-6-7-20(19)27-17)24-13-15-8-10-26(11-9-15)14-16-4-2-3-5-18(16)22/h2-5,15,17,19-20H,6-14H2,1H3,(H2,23,24,25). The summed E-state index contributed by atoms with van der Waals surface area (Å²) >= 11 is 0. The van der Waals surface area contributed by atoms with Crippen molar-refractivity contribution in [1.29, 1.82) is 0 Å². The molecule has 1 aromatic rings. The molecular formula is C21H31FN4O. The molecule has 27 heavy (non-hydrogen) atoms. The fourth-order valence-corrected chi connectivity index (χ4v) is 4.62. The van der Waals surface area contributed by atoms with Gasteiger partial charge in [-0.1, -0.05) is 18.2 Å². The van der Waals surface area contributed by atoms with Crippen LogP contribution in [0.5, 0.6) is 0 Å². The Morgan fingerprint density at radius 1 is 1.22 bits per heavy atom. The molecule has 5 nitrogen and oxygen atoms in total. The van der Waals surface area contributed by atoms with Gasteiger partial charge in [0.2, 0.25) is 0 Å². The SMILES string of the molecule is CN=C(NCC1CCN(Cc2ccccc2F)CC1)NC1CC2CCC1O2. The molecule has 3 aliphatic heterocycles. The minimum atomic E-state index is -0.0965. The van der Waals surface area contributed by atoms with Crippen molar-refractivity contribution < 1.29 is 9.13 Å². The molecule has 0 radical (unpaired) electrons. The van der Waals surface area contributed by atoms with Crippen molar-refractivity contribution in [1.82, 2.24) is 15.5 Å². The van der Waals surface area contributed by atoms with Crippen LogP contribution in [0.3, 0.4) is 0 Å². The topological polar surface area (TPSA) is 48.9 Å². The van der Waals surface area contributed by atoms with Gasteiger partial charge in [0.25, 0.3) is 0 Å². The summed E-state index contributed by atoms with van der Waals surface area (Å²) in [6.07, 6.45) is 6.55. The van der Waals surface area contributed by atoms with Gasteiger partial charge in [0.05, 0.1) is 18.2 Å². The Morgan fingerprint density at radius 2 is 2.04 bits per heavy atom. The number of hydrogen-bond donors (Lipinski definition) is 2. The average molecular weight is 375 g/mol. The second kappa shape index (κ2) is 8.57. The Bertz CT molecular complexity index is 659. The van der Waals surface area contributed by atoms with Crippen molar-refractivity contribution in [3.8, 4) is 0 Å². The Labute approximate surface area is 161 Å². The maximum Gasteiger partial charge on any atom is 0.191 e. The van der Waals surface area contributed by atoms with E-state index in [4.69, 9.17) is 4.74 Å². The third-order valence-electron chi connectivity index (χ3n) is 6.27. The Hall–Kier alpha value is -1.66. The van der Waals surface area contributed by atoms with E-state index in [0.29, 0.717) is 30.7 Å². The molecule has 0 spiro atoms. The summed E-state index contributed by atoms with van der Waals surface area (Å²) in [5, 5.41) is 7.05. The van der Waals surface area contributed by atoms with Gasteiger partial charge < -0.3 is 15.4 Å². The summed E-state index contributed by atoms with van der Waals surface area (Å²) in [4.78, 5) is 6.74. The highest BCUT2D eigenvalue weighted by atomic mass is 19.1. The molecule has 3 atom stereocenters. The molecule has 0 amide bonds. The summed E-state index contributed by atoms with van der Waals surface area (Å²) < 4.78 is 19.7. The van der Waals surface area contributed by atoms with E-state index in [2.05, 4.69) is 20.5 Å². The lowest BCUT2D eigenvalue weighted by molar-refractivity contribution is 0.0992. The lowest BCUT2D eigenvalue weighted by Crippen LogP contribution is -2.49. The van der Waals surface area contributed by atoms with Crippen LogP contribution < -0.4 is 10.6 Å². The normalized spacial score (nSPS) is 29.3. The molecule has 3 aliphatic rings. The molecule has 3 fully saturated rings. The van der Waals surface area contributed by atoms with E-state index in [9.17, 15) is 4.39 Å². The van der Waals surface area contributed by atoms with Crippen LogP contribution in [0.2, 0.25) is 0 Å². The first-order chi connectivity index (χ1) is 13.2. The lowest BCUT2D eigenvalue weighted by Gasteiger charge is -2.32. The van der Waals surface area contributed by atoms with Crippen molar-refractivity contribution >= 4 is 5.96 Å². The summed E-state index contributed by atoms with van der Waals surface area (Å²) in [6, 6.07) is 7.50. The van der Waals surface area contributed by atoms with Gasteiger partial charge in [-0.25, -0.2) is 4.39 Å².